The number of rotatable bonds is 4. The maximum Gasteiger partial charge on any atom is 0.294 e. The predicted octanol–water partition coefficient (Wildman–Crippen LogP) is 3.53. The number of benzene rings is 1. The van der Waals surface area contributed by atoms with E-state index in [4.69, 9.17) is 0 Å². The Morgan fingerprint density at radius 3 is 2.52 bits per heavy atom. The first-order chi connectivity index (χ1) is 13.0. The van der Waals surface area contributed by atoms with Crippen LogP contribution >= 0.6 is 0 Å². The van der Waals surface area contributed by atoms with Crippen LogP contribution < -0.4 is 10.3 Å². The van der Waals surface area contributed by atoms with Crippen molar-refractivity contribution < 1.29 is 10.0 Å². The van der Waals surface area contributed by atoms with E-state index < -0.39 is 5.60 Å². The number of nitro benzene ring substituents is 1. The zero-order valence-electron chi connectivity index (χ0n) is 15.4. The van der Waals surface area contributed by atoms with Gasteiger partial charge in [0.1, 0.15) is 5.69 Å². The van der Waals surface area contributed by atoms with Crippen LogP contribution in [-0.4, -0.2) is 34.4 Å². The van der Waals surface area contributed by atoms with Gasteiger partial charge in [-0.3, -0.25) is 15.5 Å². The molecule has 1 heterocycles. The lowest BCUT2D eigenvalue weighted by molar-refractivity contribution is -0.383. The van der Waals surface area contributed by atoms with Crippen molar-refractivity contribution in [3.8, 4) is 0 Å². The molecule has 7 heteroatoms. The average Bonchev–Trinajstić information content (AvgIpc) is 3.14. The molecule has 4 bridgehead atoms. The Balaban J connectivity index is 1.42. The molecular formula is C20H26N4O3. The third kappa shape index (κ3) is 2.98. The van der Waals surface area contributed by atoms with Crippen molar-refractivity contribution in [2.45, 2.75) is 50.5 Å². The molecule has 6 rings (SSSR count). The summed E-state index contributed by atoms with van der Waals surface area (Å²) in [6.07, 6.45) is 7.02. The topological polar surface area (TPSA) is 91.0 Å². The van der Waals surface area contributed by atoms with Crippen molar-refractivity contribution in [3.05, 3.63) is 28.3 Å². The summed E-state index contributed by atoms with van der Waals surface area (Å²) in [4.78, 5) is 13.4. The minimum absolute atomic E-state index is 0.0599. The molecule has 5 fully saturated rings. The standard InChI is InChI=1S/C20H26N4O3/c25-20-10-13-7-14(11-20)19(15(8-13)12-20)22-21-17-9-16(23-5-1-2-6-23)3-4-18(17)24(26)27/h3-4,9,13-15,21,25H,1-2,5-8,10-12H2/t13?,14-,15-,20?/m0/s1. The van der Waals surface area contributed by atoms with Crippen molar-refractivity contribution in [1.29, 1.82) is 0 Å². The maximum absolute atomic E-state index is 11.5. The van der Waals surface area contributed by atoms with Crippen LogP contribution in [0.3, 0.4) is 0 Å². The van der Waals surface area contributed by atoms with Crippen molar-refractivity contribution in [2.75, 3.05) is 23.4 Å². The van der Waals surface area contributed by atoms with Crippen LogP contribution in [0.5, 0.6) is 0 Å². The summed E-state index contributed by atoms with van der Waals surface area (Å²) >= 11 is 0. The van der Waals surface area contributed by atoms with E-state index in [1.54, 1.807) is 6.07 Å². The normalized spacial score (nSPS) is 34.2. The Kier molecular flexibility index (Phi) is 3.89. The van der Waals surface area contributed by atoms with E-state index in [0.29, 0.717) is 23.4 Å². The lowest BCUT2D eigenvalue weighted by Crippen LogP contribution is -2.55. The van der Waals surface area contributed by atoms with Crippen molar-refractivity contribution >= 4 is 22.8 Å². The molecule has 0 spiro atoms. The monoisotopic (exact) mass is 370 g/mol. The molecule has 144 valence electrons. The zero-order valence-corrected chi connectivity index (χ0v) is 15.4. The van der Waals surface area contributed by atoms with Gasteiger partial charge in [-0.25, -0.2) is 0 Å². The van der Waals surface area contributed by atoms with Gasteiger partial charge in [-0.2, -0.15) is 5.10 Å². The average molecular weight is 370 g/mol. The number of hydrazone groups is 1. The van der Waals surface area contributed by atoms with Crippen molar-refractivity contribution in [3.63, 3.8) is 0 Å². The maximum atomic E-state index is 11.5. The highest BCUT2D eigenvalue weighted by atomic mass is 16.6. The van der Waals surface area contributed by atoms with E-state index in [9.17, 15) is 15.2 Å². The van der Waals surface area contributed by atoms with Crippen molar-refractivity contribution in [1.82, 2.24) is 0 Å². The van der Waals surface area contributed by atoms with E-state index in [-0.39, 0.29) is 10.6 Å². The fourth-order valence-electron chi connectivity index (χ4n) is 5.98. The van der Waals surface area contributed by atoms with E-state index in [1.165, 1.54) is 0 Å². The Bertz CT molecular complexity index is 784. The highest BCUT2D eigenvalue weighted by Gasteiger charge is 2.53. The van der Waals surface area contributed by atoms with Gasteiger partial charge >= 0.3 is 0 Å². The van der Waals surface area contributed by atoms with Gasteiger partial charge in [-0.05, 0) is 63.0 Å². The Morgan fingerprint density at radius 2 is 1.89 bits per heavy atom. The molecule has 7 nitrogen and oxygen atoms in total. The van der Waals surface area contributed by atoms with Crippen LogP contribution in [0.25, 0.3) is 0 Å². The number of anilines is 2. The summed E-state index contributed by atoms with van der Waals surface area (Å²) in [6.45, 7) is 1.99. The number of hydrogen-bond donors (Lipinski definition) is 2. The number of aliphatic hydroxyl groups is 1. The zero-order chi connectivity index (χ0) is 18.6. The number of nitro groups is 1. The van der Waals surface area contributed by atoms with Crippen LogP contribution in [0.4, 0.5) is 17.1 Å². The minimum Gasteiger partial charge on any atom is -0.390 e. The molecule has 2 N–H and O–H groups in total. The molecule has 1 aromatic rings. The third-order valence-corrected chi connectivity index (χ3v) is 6.95. The van der Waals surface area contributed by atoms with E-state index in [0.717, 1.165) is 69.4 Å². The lowest BCUT2D eigenvalue weighted by Gasteiger charge is -2.54. The van der Waals surface area contributed by atoms with Gasteiger partial charge in [-0.15, -0.1) is 0 Å². The van der Waals surface area contributed by atoms with Gasteiger partial charge in [0.05, 0.1) is 10.5 Å². The fraction of sp³-hybridized carbons (Fsp3) is 0.650. The molecule has 1 aromatic carbocycles. The van der Waals surface area contributed by atoms with Crippen LogP contribution in [0.15, 0.2) is 23.3 Å². The summed E-state index contributed by atoms with van der Waals surface area (Å²) in [5, 5.41) is 26.8. The van der Waals surface area contributed by atoms with Crippen LogP contribution in [0.2, 0.25) is 0 Å². The SMILES string of the molecule is O=[N+]([O-])c1ccc(N2CCCC2)cc1NN=C1[C@H]2CC3C[C@H]1CC(O)(C3)C2. The molecular weight excluding hydrogens is 344 g/mol. The Labute approximate surface area is 158 Å². The van der Waals surface area contributed by atoms with Gasteiger partial charge in [-0.1, -0.05) is 0 Å². The molecule has 4 aliphatic carbocycles. The molecule has 1 saturated heterocycles. The molecule has 0 unspecified atom stereocenters. The molecule has 2 atom stereocenters. The van der Waals surface area contributed by atoms with Crippen LogP contribution in [0.1, 0.15) is 44.9 Å². The van der Waals surface area contributed by atoms with E-state index in [2.05, 4.69) is 15.4 Å². The van der Waals surface area contributed by atoms with Gasteiger partial charge in [0.2, 0.25) is 0 Å². The first-order valence-electron chi connectivity index (χ1n) is 10.1. The lowest BCUT2D eigenvalue weighted by atomic mass is 9.53. The molecule has 4 saturated carbocycles. The third-order valence-electron chi connectivity index (χ3n) is 6.95. The van der Waals surface area contributed by atoms with Crippen molar-refractivity contribution in [2.24, 2.45) is 22.9 Å². The number of nitrogens with one attached hydrogen (secondary N) is 1. The largest absolute Gasteiger partial charge is 0.390 e. The smallest absolute Gasteiger partial charge is 0.294 e. The molecule has 0 radical (unpaired) electrons. The fourth-order valence-corrected chi connectivity index (χ4v) is 5.98. The molecule has 1 aliphatic heterocycles. The predicted molar refractivity (Wildman–Crippen MR) is 104 cm³/mol. The quantitative estimate of drug-likeness (QED) is 0.625. The van der Waals surface area contributed by atoms with E-state index in [1.807, 2.05) is 12.1 Å². The second kappa shape index (κ2) is 6.19. The summed E-state index contributed by atoms with van der Waals surface area (Å²) in [6, 6.07) is 5.27. The summed E-state index contributed by atoms with van der Waals surface area (Å²) in [5.74, 6) is 1.24. The first kappa shape index (κ1) is 17.0. The first-order valence-corrected chi connectivity index (χ1v) is 10.1. The second-order valence-electron chi connectivity index (χ2n) is 8.87. The molecule has 27 heavy (non-hydrogen) atoms. The number of hydrogen-bond acceptors (Lipinski definition) is 6. The molecule has 5 aliphatic rings. The van der Waals surface area contributed by atoms with Gasteiger partial charge < -0.3 is 10.0 Å². The van der Waals surface area contributed by atoms with E-state index >= 15 is 0 Å². The second-order valence-corrected chi connectivity index (χ2v) is 8.87. The summed E-state index contributed by atoms with van der Waals surface area (Å²) < 4.78 is 0. The van der Waals surface area contributed by atoms with Crippen LogP contribution in [-0.2, 0) is 0 Å². The van der Waals surface area contributed by atoms with Gasteiger partial charge in [0.25, 0.3) is 5.69 Å². The van der Waals surface area contributed by atoms with Crippen LogP contribution in [0, 0.1) is 27.9 Å². The summed E-state index contributed by atoms with van der Waals surface area (Å²) in [5.41, 5.74) is 5.18. The Morgan fingerprint density at radius 1 is 1.19 bits per heavy atom. The molecule has 0 amide bonds. The highest BCUT2D eigenvalue weighted by molar-refractivity contribution is 5.92. The minimum atomic E-state index is -0.503. The van der Waals surface area contributed by atoms with Gasteiger partial charge in [0.15, 0.2) is 0 Å². The summed E-state index contributed by atoms with van der Waals surface area (Å²) in [7, 11) is 0. The Hall–Kier alpha value is -2.15. The highest BCUT2D eigenvalue weighted by Crippen LogP contribution is 2.54. The number of nitrogens with zero attached hydrogens (tertiary/aromatic N) is 3. The molecule has 0 aromatic heterocycles. The van der Waals surface area contributed by atoms with Gasteiger partial charge in [0, 0.05) is 42.4 Å².